The number of halogens is 1. The number of rotatable bonds is 8. The number of carbonyl (C=O) groups excluding carboxylic acids is 1. The van der Waals surface area contributed by atoms with Crippen LogP contribution >= 0.6 is 0 Å². The summed E-state index contributed by atoms with van der Waals surface area (Å²) in [5.74, 6) is -0.779. The fourth-order valence-electron chi connectivity index (χ4n) is 4.65. The summed E-state index contributed by atoms with van der Waals surface area (Å²) < 4.78 is 44.2. The normalized spacial score (nSPS) is 12.5. The molecule has 1 atom stereocenters. The number of para-hydroxylation sites is 2. The van der Waals surface area contributed by atoms with Crippen molar-refractivity contribution in [2.75, 3.05) is 16.2 Å². The first-order valence-electron chi connectivity index (χ1n) is 12.0. The van der Waals surface area contributed by atoms with Crippen molar-refractivity contribution in [3.05, 3.63) is 103 Å². The van der Waals surface area contributed by atoms with Crippen LogP contribution < -0.4 is 9.62 Å². The summed E-state index contributed by atoms with van der Waals surface area (Å²) in [6.45, 7) is 1.24. The molecule has 7 nitrogen and oxygen atoms in total. The molecule has 0 aliphatic heterocycles. The predicted octanol–water partition coefficient (Wildman–Crippen LogP) is 5.15. The second kappa shape index (κ2) is 10.3. The number of aliphatic hydroxyl groups is 1. The van der Waals surface area contributed by atoms with Gasteiger partial charge in [-0.1, -0.05) is 36.4 Å². The molecule has 4 aromatic carbocycles. The van der Waals surface area contributed by atoms with Gasteiger partial charge < -0.3 is 15.0 Å². The maximum absolute atomic E-state index is 13.7. The number of benzene rings is 4. The molecule has 1 aromatic heterocycles. The molecule has 2 N–H and O–H groups in total. The third-order valence-electron chi connectivity index (χ3n) is 6.33. The molecule has 0 aliphatic carbocycles. The van der Waals surface area contributed by atoms with E-state index in [1.54, 1.807) is 0 Å². The molecule has 1 amide bonds. The van der Waals surface area contributed by atoms with Gasteiger partial charge in [-0.15, -0.1) is 0 Å². The highest BCUT2D eigenvalue weighted by Gasteiger charge is 2.28. The van der Waals surface area contributed by atoms with Crippen LogP contribution in [0, 0.1) is 5.82 Å². The summed E-state index contributed by atoms with van der Waals surface area (Å²) in [6, 6.07) is 26.6. The summed E-state index contributed by atoms with van der Waals surface area (Å²) in [6.07, 6.45) is -1.09. The Morgan fingerprint density at radius 1 is 0.895 bits per heavy atom. The summed E-state index contributed by atoms with van der Waals surface area (Å²) in [5, 5.41) is 15.9. The van der Waals surface area contributed by atoms with E-state index in [9.17, 15) is 22.7 Å². The molecule has 0 saturated carbocycles. The van der Waals surface area contributed by atoms with E-state index >= 15 is 0 Å². The van der Waals surface area contributed by atoms with E-state index in [0.717, 1.165) is 26.1 Å². The van der Waals surface area contributed by atoms with Gasteiger partial charge in [0.25, 0.3) is 10.0 Å². The van der Waals surface area contributed by atoms with Gasteiger partial charge in [0.15, 0.2) is 0 Å². The lowest BCUT2D eigenvalue weighted by molar-refractivity contribution is -0.114. The number of nitrogens with one attached hydrogen (secondary N) is 1. The maximum Gasteiger partial charge on any atom is 0.264 e. The second-order valence-corrected chi connectivity index (χ2v) is 10.9. The van der Waals surface area contributed by atoms with Gasteiger partial charge in [0, 0.05) is 34.4 Å². The Hall–Kier alpha value is -4.21. The third kappa shape index (κ3) is 4.98. The molecule has 38 heavy (non-hydrogen) atoms. The maximum atomic E-state index is 13.7. The van der Waals surface area contributed by atoms with Crippen molar-refractivity contribution in [1.82, 2.24) is 4.57 Å². The molecular formula is C29H26FN3O4S. The lowest BCUT2D eigenvalue weighted by Gasteiger charge is -2.27. The monoisotopic (exact) mass is 531 g/mol. The first kappa shape index (κ1) is 25.4. The minimum Gasteiger partial charge on any atom is -0.389 e. The molecule has 5 aromatic rings. The van der Waals surface area contributed by atoms with E-state index in [-0.39, 0.29) is 29.6 Å². The van der Waals surface area contributed by atoms with Crippen molar-refractivity contribution in [1.29, 1.82) is 0 Å². The van der Waals surface area contributed by atoms with E-state index < -0.39 is 21.9 Å². The Labute approximate surface area is 219 Å². The van der Waals surface area contributed by atoms with Crippen LogP contribution in [-0.2, 0) is 21.4 Å². The van der Waals surface area contributed by atoms with Crippen LogP contribution in [0.4, 0.5) is 15.8 Å². The topological polar surface area (TPSA) is 91.6 Å². The van der Waals surface area contributed by atoms with Gasteiger partial charge in [-0.3, -0.25) is 9.10 Å². The SMILES string of the molecule is CC(=O)Nc1ccc(S(=O)(=O)N(CC(O)Cn2c3ccccc3c3ccccc32)c2ccc(F)cc2)cc1. The molecule has 0 saturated heterocycles. The zero-order valence-electron chi connectivity index (χ0n) is 20.6. The number of carbonyl (C=O) groups is 1. The fraction of sp³-hybridized carbons (Fsp3) is 0.138. The standard InChI is InChI=1S/C29H26FN3O4S/c1-20(34)31-22-12-16-25(17-13-22)38(36,37)33(23-14-10-21(30)11-15-23)19-24(35)18-32-28-8-4-2-6-26(28)27-7-3-5-9-29(27)32/h2-17,24,35H,18-19H2,1H3,(H,31,34). The lowest BCUT2D eigenvalue weighted by atomic mass is 10.2. The zero-order chi connectivity index (χ0) is 26.9. The molecular weight excluding hydrogens is 505 g/mol. The minimum atomic E-state index is -4.14. The van der Waals surface area contributed by atoms with E-state index in [0.29, 0.717) is 5.69 Å². The Bertz CT molecular complexity index is 1660. The summed E-state index contributed by atoms with van der Waals surface area (Å²) in [4.78, 5) is 11.3. The quantitative estimate of drug-likeness (QED) is 0.290. The Morgan fingerprint density at radius 3 is 2.00 bits per heavy atom. The largest absolute Gasteiger partial charge is 0.389 e. The minimum absolute atomic E-state index is 0.0278. The van der Waals surface area contributed by atoms with E-state index in [1.165, 1.54) is 55.5 Å². The highest BCUT2D eigenvalue weighted by atomic mass is 32.2. The van der Waals surface area contributed by atoms with Gasteiger partial charge in [-0.2, -0.15) is 0 Å². The Balaban J connectivity index is 1.50. The van der Waals surface area contributed by atoms with Crippen molar-refractivity contribution in [3.8, 4) is 0 Å². The summed E-state index contributed by atoms with van der Waals surface area (Å²) >= 11 is 0. The van der Waals surface area contributed by atoms with E-state index in [2.05, 4.69) is 5.32 Å². The van der Waals surface area contributed by atoms with Gasteiger partial charge in [0.05, 0.1) is 29.8 Å². The third-order valence-corrected chi connectivity index (χ3v) is 8.14. The molecule has 0 bridgehead atoms. The van der Waals surface area contributed by atoms with Gasteiger partial charge in [0.2, 0.25) is 5.91 Å². The van der Waals surface area contributed by atoms with E-state index in [4.69, 9.17) is 0 Å². The number of anilines is 2. The lowest BCUT2D eigenvalue weighted by Crippen LogP contribution is -2.39. The fourth-order valence-corrected chi connectivity index (χ4v) is 6.15. The predicted molar refractivity (Wildman–Crippen MR) is 147 cm³/mol. The number of amides is 1. The summed E-state index contributed by atoms with van der Waals surface area (Å²) in [7, 11) is -4.14. The number of sulfonamides is 1. The van der Waals surface area contributed by atoms with Crippen LogP contribution in [0.1, 0.15) is 6.92 Å². The molecule has 5 rings (SSSR count). The van der Waals surface area contributed by atoms with E-state index in [1.807, 2.05) is 53.1 Å². The number of nitrogens with zero attached hydrogens (tertiary/aromatic N) is 2. The van der Waals surface area contributed by atoms with Crippen LogP contribution in [-0.4, -0.2) is 36.6 Å². The molecule has 1 unspecified atom stereocenters. The molecule has 194 valence electrons. The first-order chi connectivity index (χ1) is 18.2. The van der Waals surface area contributed by atoms with Crippen molar-refractivity contribution >= 4 is 49.1 Å². The van der Waals surface area contributed by atoms with Crippen LogP contribution in [0.15, 0.2) is 102 Å². The number of hydrogen-bond donors (Lipinski definition) is 2. The summed E-state index contributed by atoms with van der Waals surface area (Å²) in [5.41, 5.74) is 2.53. The van der Waals surface area contributed by atoms with Crippen LogP contribution in [0.5, 0.6) is 0 Å². The molecule has 0 aliphatic rings. The number of hydrogen-bond acceptors (Lipinski definition) is 4. The van der Waals surface area contributed by atoms with Crippen LogP contribution in [0.25, 0.3) is 21.8 Å². The molecule has 0 fully saturated rings. The number of fused-ring (bicyclic) bond motifs is 3. The zero-order valence-corrected chi connectivity index (χ0v) is 21.4. The average molecular weight is 532 g/mol. The average Bonchev–Trinajstić information content (AvgIpc) is 3.21. The van der Waals surface area contributed by atoms with Crippen molar-refractivity contribution in [3.63, 3.8) is 0 Å². The second-order valence-electron chi connectivity index (χ2n) is 9.02. The van der Waals surface area contributed by atoms with Gasteiger partial charge in [0.1, 0.15) is 5.82 Å². The first-order valence-corrected chi connectivity index (χ1v) is 13.5. The Kier molecular flexibility index (Phi) is 6.88. The molecule has 9 heteroatoms. The van der Waals surface area contributed by atoms with Crippen molar-refractivity contribution < 1.29 is 22.7 Å². The molecule has 0 spiro atoms. The van der Waals surface area contributed by atoms with Crippen molar-refractivity contribution in [2.45, 2.75) is 24.5 Å². The van der Waals surface area contributed by atoms with Gasteiger partial charge in [-0.25, -0.2) is 12.8 Å². The smallest absolute Gasteiger partial charge is 0.264 e. The number of aliphatic hydroxyl groups excluding tert-OH is 1. The van der Waals surface area contributed by atoms with Crippen LogP contribution in [0.2, 0.25) is 0 Å². The van der Waals surface area contributed by atoms with Crippen molar-refractivity contribution in [2.24, 2.45) is 0 Å². The number of aromatic nitrogens is 1. The van der Waals surface area contributed by atoms with Gasteiger partial charge >= 0.3 is 0 Å². The molecule has 0 radical (unpaired) electrons. The Morgan fingerprint density at radius 2 is 1.45 bits per heavy atom. The highest BCUT2D eigenvalue weighted by Crippen LogP contribution is 2.30. The highest BCUT2D eigenvalue weighted by molar-refractivity contribution is 7.92. The molecule has 1 heterocycles. The van der Waals surface area contributed by atoms with Crippen LogP contribution in [0.3, 0.4) is 0 Å². The van der Waals surface area contributed by atoms with Gasteiger partial charge in [-0.05, 0) is 60.7 Å².